The van der Waals surface area contributed by atoms with Gasteiger partial charge in [-0.15, -0.1) is 0 Å². The number of unbranched alkanes of at least 4 members (excludes halogenated alkanes) is 2. The summed E-state index contributed by atoms with van der Waals surface area (Å²) in [6.07, 6.45) is 6.09. The van der Waals surface area contributed by atoms with Crippen LogP contribution < -0.4 is 10.1 Å². The molecule has 1 N–H and O–H groups in total. The fourth-order valence-corrected chi connectivity index (χ4v) is 2.63. The van der Waals surface area contributed by atoms with E-state index in [1.807, 2.05) is 7.05 Å². The minimum absolute atomic E-state index is 0.0201. The molecule has 1 aromatic rings. The van der Waals surface area contributed by atoms with Gasteiger partial charge in [-0.2, -0.15) is 0 Å². The minimum Gasteiger partial charge on any atom is -0.487 e. The zero-order valence-corrected chi connectivity index (χ0v) is 11.9. The van der Waals surface area contributed by atoms with Gasteiger partial charge in [0.05, 0.1) is 0 Å². The van der Waals surface area contributed by atoms with Crippen LogP contribution in [0.25, 0.3) is 0 Å². The van der Waals surface area contributed by atoms with Crippen molar-refractivity contribution in [3.8, 4) is 5.75 Å². The van der Waals surface area contributed by atoms with Crippen molar-refractivity contribution in [2.75, 3.05) is 13.6 Å². The molecular formula is C16H25NO. The highest BCUT2D eigenvalue weighted by atomic mass is 16.5. The van der Waals surface area contributed by atoms with E-state index in [1.165, 1.54) is 36.8 Å². The van der Waals surface area contributed by atoms with Crippen molar-refractivity contribution >= 4 is 0 Å². The summed E-state index contributed by atoms with van der Waals surface area (Å²) >= 11 is 0. The Morgan fingerprint density at radius 3 is 2.83 bits per heavy atom. The van der Waals surface area contributed by atoms with Crippen molar-refractivity contribution in [3.05, 3.63) is 29.3 Å². The lowest BCUT2D eigenvalue weighted by atomic mass is 9.98. The summed E-state index contributed by atoms with van der Waals surface area (Å²) in [7, 11) is 2.02. The fourth-order valence-electron chi connectivity index (χ4n) is 2.63. The van der Waals surface area contributed by atoms with Gasteiger partial charge in [0.15, 0.2) is 0 Å². The average molecular weight is 247 g/mol. The lowest BCUT2D eigenvalue weighted by molar-refractivity contribution is 0.138. The summed E-state index contributed by atoms with van der Waals surface area (Å²) in [6.45, 7) is 5.45. The molecular weight excluding hydrogens is 222 g/mol. The molecule has 1 aliphatic heterocycles. The number of nitrogens with one attached hydrogen (secondary N) is 1. The first kappa shape index (κ1) is 13.4. The van der Waals surface area contributed by atoms with Crippen LogP contribution in [0.15, 0.2) is 18.2 Å². The molecule has 2 heteroatoms. The molecule has 0 atom stereocenters. The second-order valence-corrected chi connectivity index (χ2v) is 5.89. The van der Waals surface area contributed by atoms with E-state index in [1.54, 1.807) is 0 Å². The Balaban J connectivity index is 1.85. The topological polar surface area (TPSA) is 21.3 Å². The highest BCUT2D eigenvalue weighted by Gasteiger charge is 2.29. The summed E-state index contributed by atoms with van der Waals surface area (Å²) in [4.78, 5) is 0. The van der Waals surface area contributed by atoms with Crippen LogP contribution in [0.1, 0.15) is 44.2 Å². The van der Waals surface area contributed by atoms with Crippen molar-refractivity contribution < 1.29 is 4.74 Å². The number of aryl methyl sites for hydroxylation is 1. The van der Waals surface area contributed by atoms with Crippen LogP contribution in [0.4, 0.5) is 0 Å². The van der Waals surface area contributed by atoms with Crippen LogP contribution in [-0.2, 0) is 12.8 Å². The molecule has 1 heterocycles. The van der Waals surface area contributed by atoms with Crippen LogP contribution in [0.2, 0.25) is 0 Å². The molecule has 0 radical (unpaired) electrons. The Hall–Kier alpha value is -1.02. The standard InChI is InChI=1S/C16H25NO/c1-16(2)12-14-11-13(8-9-15(14)18-16)7-5-4-6-10-17-3/h8-9,11,17H,4-7,10,12H2,1-3H3. The highest BCUT2D eigenvalue weighted by Crippen LogP contribution is 2.35. The fraction of sp³-hybridized carbons (Fsp3) is 0.625. The predicted octanol–water partition coefficient (Wildman–Crippen LogP) is 3.33. The van der Waals surface area contributed by atoms with Crippen molar-refractivity contribution in [2.45, 2.75) is 51.6 Å². The van der Waals surface area contributed by atoms with Crippen LogP contribution >= 0.6 is 0 Å². The molecule has 2 rings (SSSR count). The Bertz CT molecular complexity index is 398. The largest absolute Gasteiger partial charge is 0.487 e. The highest BCUT2D eigenvalue weighted by molar-refractivity contribution is 5.41. The average Bonchev–Trinajstić information content (AvgIpc) is 2.62. The maximum Gasteiger partial charge on any atom is 0.123 e. The number of hydrogen-bond donors (Lipinski definition) is 1. The van der Waals surface area contributed by atoms with Crippen molar-refractivity contribution in [1.29, 1.82) is 0 Å². The molecule has 0 aliphatic carbocycles. The number of ether oxygens (including phenoxy) is 1. The third-order valence-electron chi connectivity index (χ3n) is 3.52. The number of hydrogen-bond acceptors (Lipinski definition) is 2. The van der Waals surface area contributed by atoms with E-state index in [9.17, 15) is 0 Å². The molecule has 0 saturated carbocycles. The molecule has 0 spiro atoms. The van der Waals surface area contributed by atoms with E-state index in [0.717, 1.165) is 18.7 Å². The number of fused-ring (bicyclic) bond motifs is 1. The van der Waals surface area contributed by atoms with Gasteiger partial charge < -0.3 is 10.1 Å². The molecule has 0 aromatic heterocycles. The first-order chi connectivity index (χ1) is 8.61. The zero-order chi connectivity index (χ0) is 13.0. The molecule has 2 nitrogen and oxygen atoms in total. The first-order valence-electron chi connectivity index (χ1n) is 7.06. The molecule has 0 amide bonds. The normalized spacial score (nSPS) is 16.4. The molecule has 18 heavy (non-hydrogen) atoms. The summed E-state index contributed by atoms with van der Waals surface area (Å²) in [5.74, 6) is 1.08. The summed E-state index contributed by atoms with van der Waals surface area (Å²) in [6, 6.07) is 6.70. The number of benzene rings is 1. The maximum atomic E-state index is 5.90. The van der Waals surface area contributed by atoms with Gasteiger partial charge in [-0.05, 0) is 63.9 Å². The van der Waals surface area contributed by atoms with Gasteiger partial charge >= 0.3 is 0 Å². The van der Waals surface area contributed by atoms with Gasteiger partial charge in [-0.25, -0.2) is 0 Å². The van der Waals surface area contributed by atoms with Crippen molar-refractivity contribution in [1.82, 2.24) is 5.32 Å². The smallest absolute Gasteiger partial charge is 0.123 e. The van der Waals surface area contributed by atoms with Crippen LogP contribution in [0.5, 0.6) is 5.75 Å². The van der Waals surface area contributed by atoms with E-state index in [2.05, 4.69) is 37.4 Å². The molecule has 0 fully saturated rings. The van der Waals surface area contributed by atoms with Gasteiger partial charge in [0.1, 0.15) is 11.4 Å². The van der Waals surface area contributed by atoms with Crippen LogP contribution in [0, 0.1) is 0 Å². The van der Waals surface area contributed by atoms with Gasteiger partial charge in [-0.1, -0.05) is 18.6 Å². The van der Waals surface area contributed by atoms with Crippen molar-refractivity contribution in [2.24, 2.45) is 0 Å². The lowest BCUT2D eigenvalue weighted by Gasteiger charge is -2.16. The summed E-state index contributed by atoms with van der Waals surface area (Å²) < 4.78 is 5.90. The predicted molar refractivity (Wildman–Crippen MR) is 76.3 cm³/mol. The third kappa shape index (κ3) is 3.49. The first-order valence-corrected chi connectivity index (χ1v) is 7.06. The van der Waals surface area contributed by atoms with Gasteiger partial charge in [0, 0.05) is 6.42 Å². The molecule has 0 bridgehead atoms. The van der Waals surface area contributed by atoms with Gasteiger partial charge in [0.2, 0.25) is 0 Å². The Kier molecular flexibility index (Phi) is 4.28. The van der Waals surface area contributed by atoms with E-state index in [4.69, 9.17) is 4.74 Å². The SMILES string of the molecule is CNCCCCCc1ccc2c(c1)CC(C)(C)O2. The molecule has 100 valence electrons. The summed E-state index contributed by atoms with van der Waals surface area (Å²) in [5.41, 5.74) is 2.82. The van der Waals surface area contributed by atoms with E-state index < -0.39 is 0 Å². The maximum absolute atomic E-state index is 5.90. The van der Waals surface area contributed by atoms with Gasteiger partial charge in [-0.3, -0.25) is 0 Å². The van der Waals surface area contributed by atoms with E-state index >= 15 is 0 Å². The van der Waals surface area contributed by atoms with Gasteiger partial charge in [0.25, 0.3) is 0 Å². The van der Waals surface area contributed by atoms with Crippen molar-refractivity contribution in [3.63, 3.8) is 0 Å². The Labute approximate surface area is 111 Å². The molecule has 1 aromatic carbocycles. The molecule has 0 saturated heterocycles. The minimum atomic E-state index is -0.0201. The zero-order valence-electron chi connectivity index (χ0n) is 11.9. The summed E-state index contributed by atoms with van der Waals surface area (Å²) in [5, 5.41) is 3.19. The quantitative estimate of drug-likeness (QED) is 0.779. The Morgan fingerprint density at radius 1 is 1.22 bits per heavy atom. The molecule has 1 aliphatic rings. The van der Waals surface area contributed by atoms with E-state index in [-0.39, 0.29) is 5.60 Å². The third-order valence-corrected chi connectivity index (χ3v) is 3.52. The second-order valence-electron chi connectivity index (χ2n) is 5.89. The van der Waals surface area contributed by atoms with Crippen LogP contribution in [-0.4, -0.2) is 19.2 Å². The van der Waals surface area contributed by atoms with Crippen LogP contribution in [0.3, 0.4) is 0 Å². The monoisotopic (exact) mass is 247 g/mol. The number of rotatable bonds is 6. The lowest BCUT2D eigenvalue weighted by Crippen LogP contribution is -2.24. The van der Waals surface area contributed by atoms with E-state index in [0.29, 0.717) is 0 Å². The second kappa shape index (κ2) is 5.75. The Morgan fingerprint density at radius 2 is 2.06 bits per heavy atom. The molecule has 0 unspecified atom stereocenters.